The van der Waals surface area contributed by atoms with Crippen LogP contribution >= 0.6 is 15.9 Å². The van der Waals surface area contributed by atoms with Crippen LogP contribution < -0.4 is 10.1 Å². The van der Waals surface area contributed by atoms with Gasteiger partial charge in [0.05, 0.1) is 6.04 Å². The van der Waals surface area contributed by atoms with Gasteiger partial charge in [-0.15, -0.1) is 0 Å². The average Bonchev–Trinajstić information content (AvgIpc) is 3.11. The molecule has 0 amide bonds. The monoisotopic (exact) mass is 407 g/mol. The Morgan fingerprint density at radius 2 is 1.62 bits per heavy atom. The van der Waals surface area contributed by atoms with Crippen LogP contribution in [0.4, 0.5) is 5.69 Å². The summed E-state index contributed by atoms with van der Waals surface area (Å²) in [5, 5.41) is 6.36. The van der Waals surface area contributed by atoms with Crippen LogP contribution in [0.3, 0.4) is 0 Å². The molecule has 132 valence electrons. The lowest BCUT2D eigenvalue weighted by atomic mass is 9.85. The topological polar surface area (TPSA) is 21.3 Å². The second kappa shape index (κ2) is 6.31. The van der Waals surface area contributed by atoms with Crippen molar-refractivity contribution < 1.29 is 4.74 Å². The molecular formula is C23H22BrNO. The van der Waals surface area contributed by atoms with E-state index < -0.39 is 0 Å². The molecule has 3 aromatic carbocycles. The molecule has 1 fully saturated rings. The molecule has 1 N–H and O–H groups in total. The first-order valence-corrected chi connectivity index (χ1v) is 10.3. The minimum absolute atomic E-state index is 0.0111. The van der Waals surface area contributed by atoms with Crippen molar-refractivity contribution in [1.82, 2.24) is 0 Å². The highest BCUT2D eigenvalue weighted by molar-refractivity contribution is 9.10. The van der Waals surface area contributed by atoms with Gasteiger partial charge in [0, 0.05) is 27.5 Å². The van der Waals surface area contributed by atoms with Gasteiger partial charge in [-0.2, -0.15) is 0 Å². The van der Waals surface area contributed by atoms with Crippen LogP contribution in [0.15, 0.2) is 65.1 Å². The van der Waals surface area contributed by atoms with Crippen LogP contribution in [0.1, 0.15) is 43.7 Å². The molecule has 1 atom stereocenters. The molecule has 0 saturated heterocycles. The zero-order chi connectivity index (χ0) is 17.6. The van der Waals surface area contributed by atoms with E-state index in [0.29, 0.717) is 0 Å². The molecule has 1 aliphatic heterocycles. The summed E-state index contributed by atoms with van der Waals surface area (Å²) in [7, 11) is 0. The number of para-hydroxylation sites is 1. The summed E-state index contributed by atoms with van der Waals surface area (Å²) < 4.78 is 7.64. The van der Waals surface area contributed by atoms with Gasteiger partial charge < -0.3 is 10.1 Å². The predicted octanol–water partition coefficient (Wildman–Crippen LogP) is 6.85. The normalized spacial score (nSPS) is 20.7. The van der Waals surface area contributed by atoms with Gasteiger partial charge in [0.1, 0.15) is 11.4 Å². The maximum Gasteiger partial charge on any atom is 0.125 e. The van der Waals surface area contributed by atoms with Crippen molar-refractivity contribution in [3.8, 4) is 5.75 Å². The molecule has 3 heteroatoms. The number of benzene rings is 3. The summed E-state index contributed by atoms with van der Waals surface area (Å²) >= 11 is 3.68. The lowest BCUT2D eigenvalue weighted by Gasteiger charge is -2.40. The van der Waals surface area contributed by atoms with Crippen LogP contribution in [0.2, 0.25) is 0 Å². The maximum atomic E-state index is 6.51. The van der Waals surface area contributed by atoms with Crippen molar-refractivity contribution in [2.75, 3.05) is 5.32 Å². The molecule has 3 aromatic rings. The first kappa shape index (κ1) is 16.2. The Bertz CT molecular complexity index is 961. The SMILES string of the molecule is Brc1ccc(NC2CC3(CCCC3)Oc3ccccc32)c2ccccc12. The minimum Gasteiger partial charge on any atom is -0.487 e. The Labute approximate surface area is 162 Å². The third-order valence-electron chi connectivity index (χ3n) is 5.91. The molecule has 2 nitrogen and oxygen atoms in total. The van der Waals surface area contributed by atoms with E-state index in [1.165, 1.54) is 47.7 Å². The fraction of sp³-hybridized carbons (Fsp3) is 0.304. The van der Waals surface area contributed by atoms with Crippen molar-refractivity contribution in [1.29, 1.82) is 0 Å². The van der Waals surface area contributed by atoms with Crippen LogP contribution in [-0.4, -0.2) is 5.60 Å². The van der Waals surface area contributed by atoms with Crippen molar-refractivity contribution in [3.05, 3.63) is 70.7 Å². The molecule has 5 rings (SSSR count). The Morgan fingerprint density at radius 1 is 0.885 bits per heavy atom. The number of nitrogens with one attached hydrogen (secondary N) is 1. The second-order valence-electron chi connectivity index (χ2n) is 7.57. The molecule has 0 radical (unpaired) electrons. The zero-order valence-corrected chi connectivity index (χ0v) is 16.3. The molecule has 1 unspecified atom stereocenters. The van der Waals surface area contributed by atoms with E-state index in [-0.39, 0.29) is 11.6 Å². The smallest absolute Gasteiger partial charge is 0.125 e. The van der Waals surface area contributed by atoms with Crippen molar-refractivity contribution in [3.63, 3.8) is 0 Å². The minimum atomic E-state index is 0.0111. The van der Waals surface area contributed by atoms with Crippen LogP contribution in [-0.2, 0) is 0 Å². The second-order valence-corrected chi connectivity index (χ2v) is 8.43. The summed E-state index contributed by atoms with van der Waals surface area (Å²) in [6.45, 7) is 0. The van der Waals surface area contributed by atoms with Gasteiger partial charge in [0.15, 0.2) is 0 Å². The van der Waals surface area contributed by atoms with E-state index in [9.17, 15) is 0 Å². The van der Waals surface area contributed by atoms with Gasteiger partial charge in [0.2, 0.25) is 0 Å². The molecule has 1 heterocycles. The van der Waals surface area contributed by atoms with E-state index in [1.54, 1.807) is 0 Å². The summed E-state index contributed by atoms with van der Waals surface area (Å²) in [5.74, 6) is 1.06. The lowest BCUT2D eigenvalue weighted by Crippen LogP contribution is -2.40. The standard InChI is InChI=1S/C23H22BrNO/c24-19-11-12-20(17-8-2-1-7-16(17)19)25-21-15-23(13-5-6-14-23)26-22-10-4-3-9-18(21)22/h1-4,7-12,21,25H,5-6,13-15H2. The molecule has 1 aliphatic carbocycles. The number of halogens is 1. The molecule has 1 saturated carbocycles. The first-order valence-electron chi connectivity index (χ1n) is 9.46. The van der Waals surface area contributed by atoms with Crippen LogP contribution in [0.25, 0.3) is 10.8 Å². The highest BCUT2D eigenvalue weighted by Gasteiger charge is 2.43. The molecule has 1 spiro atoms. The van der Waals surface area contributed by atoms with Crippen LogP contribution in [0, 0.1) is 0 Å². The largest absolute Gasteiger partial charge is 0.487 e. The van der Waals surface area contributed by atoms with E-state index in [0.717, 1.165) is 16.6 Å². The summed E-state index contributed by atoms with van der Waals surface area (Å²) in [6.07, 6.45) is 5.92. The van der Waals surface area contributed by atoms with Gasteiger partial charge in [-0.05, 0) is 49.3 Å². The molecule has 26 heavy (non-hydrogen) atoms. The number of hydrogen-bond acceptors (Lipinski definition) is 2. The van der Waals surface area contributed by atoms with E-state index in [1.807, 2.05) is 0 Å². The molecule has 2 aliphatic rings. The predicted molar refractivity (Wildman–Crippen MR) is 111 cm³/mol. The zero-order valence-electron chi connectivity index (χ0n) is 14.7. The molecular weight excluding hydrogens is 386 g/mol. The van der Waals surface area contributed by atoms with Gasteiger partial charge in [0.25, 0.3) is 0 Å². The fourth-order valence-electron chi connectivity index (χ4n) is 4.65. The number of hydrogen-bond donors (Lipinski definition) is 1. The number of anilines is 1. The highest BCUT2D eigenvalue weighted by atomic mass is 79.9. The molecule has 0 aromatic heterocycles. The van der Waals surface area contributed by atoms with Crippen molar-refractivity contribution in [2.24, 2.45) is 0 Å². The van der Waals surface area contributed by atoms with E-state index in [4.69, 9.17) is 4.74 Å². The maximum absolute atomic E-state index is 6.51. The summed E-state index contributed by atoms with van der Waals surface area (Å²) in [5.41, 5.74) is 2.48. The third kappa shape index (κ3) is 2.69. The van der Waals surface area contributed by atoms with E-state index >= 15 is 0 Å². The third-order valence-corrected chi connectivity index (χ3v) is 6.60. The lowest BCUT2D eigenvalue weighted by molar-refractivity contribution is 0.0453. The Morgan fingerprint density at radius 3 is 2.46 bits per heavy atom. The van der Waals surface area contributed by atoms with Crippen molar-refractivity contribution in [2.45, 2.75) is 43.7 Å². The Balaban J connectivity index is 1.57. The van der Waals surface area contributed by atoms with Crippen molar-refractivity contribution >= 4 is 32.4 Å². The van der Waals surface area contributed by atoms with Gasteiger partial charge in [-0.3, -0.25) is 0 Å². The Kier molecular flexibility index (Phi) is 3.93. The number of fused-ring (bicyclic) bond motifs is 2. The van der Waals surface area contributed by atoms with Gasteiger partial charge in [-0.1, -0.05) is 58.4 Å². The quantitative estimate of drug-likeness (QED) is 0.501. The first-order chi connectivity index (χ1) is 12.7. The van der Waals surface area contributed by atoms with Gasteiger partial charge >= 0.3 is 0 Å². The number of rotatable bonds is 2. The highest BCUT2D eigenvalue weighted by Crippen LogP contribution is 2.48. The van der Waals surface area contributed by atoms with E-state index in [2.05, 4.69) is 81.9 Å². The average molecular weight is 408 g/mol. The molecule has 0 bridgehead atoms. The number of ether oxygens (including phenoxy) is 1. The fourth-order valence-corrected chi connectivity index (χ4v) is 5.13. The van der Waals surface area contributed by atoms with Crippen LogP contribution in [0.5, 0.6) is 5.75 Å². The summed E-state index contributed by atoms with van der Waals surface area (Å²) in [6, 6.07) is 21.7. The Hall–Kier alpha value is -2.00. The van der Waals surface area contributed by atoms with Gasteiger partial charge in [-0.25, -0.2) is 0 Å². The summed E-state index contributed by atoms with van der Waals surface area (Å²) in [4.78, 5) is 0.